The second-order valence-electron chi connectivity index (χ2n) is 8.83. The van der Waals surface area contributed by atoms with Gasteiger partial charge in [0.25, 0.3) is 15.9 Å². The number of terminal acetylenes is 1. The molecule has 39 heavy (non-hydrogen) atoms. The molecule has 0 N–H and O–H groups in total. The predicted octanol–water partition coefficient (Wildman–Crippen LogP) is 4.40. The Kier molecular flexibility index (Phi) is 7.37. The maximum atomic E-state index is 13.4. The Morgan fingerprint density at radius 3 is 2.56 bits per heavy atom. The summed E-state index contributed by atoms with van der Waals surface area (Å²) in [5.41, 5.74) is 3.05. The van der Waals surface area contributed by atoms with Crippen LogP contribution in [0.25, 0.3) is 10.2 Å². The first-order chi connectivity index (χ1) is 18.8. The lowest BCUT2D eigenvalue weighted by molar-refractivity contribution is 0.0526. The summed E-state index contributed by atoms with van der Waals surface area (Å²) in [6.07, 6.45) is 7.13. The third-order valence-electron chi connectivity index (χ3n) is 6.40. The second kappa shape index (κ2) is 10.9. The molecule has 10 heteroatoms. The van der Waals surface area contributed by atoms with Crippen LogP contribution in [0.3, 0.4) is 0 Å². The van der Waals surface area contributed by atoms with Gasteiger partial charge in [0.2, 0.25) is 0 Å². The first-order valence-corrected chi connectivity index (χ1v) is 14.6. The molecule has 4 aromatic rings. The number of aryl methyl sites for hydroxylation is 1. The first-order valence-electron chi connectivity index (χ1n) is 12.4. The summed E-state index contributed by atoms with van der Waals surface area (Å²) in [6.45, 7) is 2.58. The van der Waals surface area contributed by atoms with Gasteiger partial charge >= 0.3 is 5.97 Å². The average molecular weight is 560 g/mol. The summed E-state index contributed by atoms with van der Waals surface area (Å²) in [7, 11) is -3.79. The van der Waals surface area contributed by atoms with E-state index >= 15 is 0 Å². The summed E-state index contributed by atoms with van der Waals surface area (Å²) in [4.78, 5) is 30.0. The zero-order chi connectivity index (χ0) is 27.6. The number of nitrogens with zero attached hydrogens (tertiary/aromatic N) is 3. The Labute approximate surface area is 230 Å². The molecule has 0 atom stereocenters. The zero-order valence-corrected chi connectivity index (χ0v) is 22.8. The van der Waals surface area contributed by atoms with E-state index in [-0.39, 0.29) is 23.6 Å². The Bertz CT molecular complexity index is 1800. The highest BCUT2D eigenvalue weighted by atomic mass is 32.2. The number of benzene rings is 3. The molecular formula is C29H25N3O5S2. The number of carbonyl (C=O) groups is 2. The van der Waals surface area contributed by atoms with E-state index in [2.05, 4.69) is 10.9 Å². The molecule has 0 radical (unpaired) electrons. The van der Waals surface area contributed by atoms with Crippen LogP contribution >= 0.6 is 11.3 Å². The van der Waals surface area contributed by atoms with Crippen molar-refractivity contribution in [1.82, 2.24) is 4.57 Å². The number of sulfonamides is 1. The van der Waals surface area contributed by atoms with Crippen molar-refractivity contribution in [3.8, 4) is 12.3 Å². The molecule has 1 aromatic heterocycles. The van der Waals surface area contributed by atoms with Gasteiger partial charge in [0, 0.05) is 12.1 Å². The second-order valence-corrected chi connectivity index (χ2v) is 11.7. The van der Waals surface area contributed by atoms with E-state index in [0.717, 1.165) is 28.6 Å². The number of aromatic nitrogens is 1. The predicted molar refractivity (Wildman–Crippen MR) is 150 cm³/mol. The molecular weight excluding hydrogens is 534 g/mol. The molecule has 1 aliphatic rings. The molecule has 0 saturated carbocycles. The van der Waals surface area contributed by atoms with Crippen molar-refractivity contribution >= 4 is 49.1 Å². The molecule has 0 aliphatic carbocycles. The standard InChI is InChI=1S/C29H25N3O5S2/c1-3-17-31-25-16-13-22(28(34)37-4-2)19-26(25)38-29(31)30-27(33)21-11-14-23(15-12-21)39(35,36)32-18-7-9-20-8-5-6-10-24(20)32/h1,5-6,8,10-16,19H,4,7,9,17-18H2,2H3. The number of fused-ring (bicyclic) bond motifs is 2. The van der Waals surface area contributed by atoms with E-state index in [0.29, 0.717) is 22.6 Å². The summed E-state index contributed by atoms with van der Waals surface area (Å²) in [5.74, 6) is 1.60. The van der Waals surface area contributed by atoms with Crippen molar-refractivity contribution in [3.05, 3.63) is 88.2 Å². The fourth-order valence-corrected chi connectivity index (χ4v) is 7.15. The lowest BCUT2D eigenvalue weighted by Crippen LogP contribution is -2.35. The van der Waals surface area contributed by atoms with Crippen molar-refractivity contribution in [2.24, 2.45) is 4.99 Å². The van der Waals surface area contributed by atoms with E-state index in [9.17, 15) is 18.0 Å². The van der Waals surface area contributed by atoms with Gasteiger partial charge in [-0.2, -0.15) is 4.99 Å². The van der Waals surface area contributed by atoms with Crippen molar-refractivity contribution in [2.45, 2.75) is 31.2 Å². The summed E-state index contributed by atoms with van der Waals surface area (Å²) in [5, 5.41) is 0. The van der Waals surface area contributed by atoms with Crippen LogP contribution in [0.1, 0.15) is 39.6 Å². The normalized spacial score (nSPS) is 13.6. The third kappa shape index (κ3) is 5.11. The van der Waals surface area contributed by atoms with Crippen molar-refractivity contribution in [2.75, 3.05) is 17.5 Å². The fourth-order valence-electron chi connectivity index (χ4n) is 4.54. The van der Waals surface area contributed by atoms with Gasteiger partial charge < -0.3 is 9.30 Å². The van der Waals surface area contributed by atoms with Crippen molar-refractivity contribution in [3.63, 3.8) is 0 Å². The van der Waals surface area contributed by atoms with E-state index in [1.165, 1.54) is 39.9 Å². The maximum absolute atomic E-state index is 13.4. The molecule has 0 bridgehead atoms. The van der Waals surface area contributed by atoms with Crippen LogP contribution in [-0.2, 0) is 27.7 Å². The van der Waals surface area contributed by atoms with Crippen LogP contribution < -0.4 is 9.11 Å². The van der Waals surface area contributed by atoms with Crippen LogP contribution in [0.4, 0.5) is 5.69 Å². The minimum Gasteiger partial charge on any atom is -0.462 e. The third-order valence-corrected chi connectivity index (χ3v) is 9.27. The van der Waals surface area contributed by atoms with E-state index in [1.54, 1.807) is 29.7 Å². The highest BCUT2D eigenvalue weighted by Crippen LogP contribution is 2.31. The molecule has 3 aromatic carbocycles. The number of ether oxygens (including phenoxy) is 1. The fraction of sp³-hybridized carbons (Fsp3) is 0.207. The Balaban J connectivity index is 1.46. The average Bonchev–Trinajstić information content (AvgIpc) is 3.29. The minimum absolute atomic E-state index is 0.103. The maximum Gasteiger partial charge on any atom is 0.338 e. The van der Waals surface area contributed by atoms with Gasteiger partial charge in [-0.15, -0.1) is 6.42 Å². The Morgan fingerprint density at radius 1 is 1.08 bits per heavy atom. The van der Waals surface area contributed by atoms with Crippen molar-refractivity contribution < 1.29 is 22.7 Å². The molecule has 2 heterocycles. The molecule has 0 spiro atoms. The van der Waals surface area contributed by atoms with Crippen LogP contribution in [-0.4, -0.2) is 38.0 Å². The quantitative estimate of drug-likeness (QED) is 0.258. The largest absolute Gasteiger partial charge is 0.462 e. The van der Waals surface area contributed by atoms with Crippen LogP contribution in [0.5, 0.6) is 0 Å². The molecule has 0 unspecified atom stereocenters. The van der Waals surface area contributed by atoms with Crippen LogP contribution in [0.2, 0.25) is 0 Å². The summed E-state index contributed by atoms with van der Waals surface area (Å²) >= 11 is 1.23. The number of hydrogen-bond acceptors (Lipinski definition) is 6. The topological polar surface area (TPSA) is 98.0 Å². The number of amides is 1. The smallest absolute Gasteiger partial charge is 0.338 e. The lowest BCUT2D eigenvalue weighted by atomic mass is 10.0. The van der Waals surface area contributed by atoms with Gasteiger partial charge in [-0.25, -0.2) is 13.2 Å². The van der Waals surface area contributed by atoms with Crippen LogP contribution in [0.15, 0.2) is 76.6 Å². The number of thiazole rings is 1. The summed E-state index contributed by atoms with van der Waals surface area (Å²) in [6, 6.07) is 18.4. The molecule has 8 nitrogen and oxygen atoms in total. The molecule has 198 valence electrons. The number of anilines is 1. The van der Waals surface area contributed by atoms with Gasteiger partial charge in [-0.3, -0.25) is 9.10 Å². The number of esters is 1. The van der Waals surface area contributed by atoms with E-state index in [1.807, 2.05) is 24.3 Å². The van der Waals surface area contributed by atoms with Gasteiger partial charge in [0.1, 0.15) is 0 Å². The van der Waals surface area contributed by atoms with Gasteiger partial charge in [0.05, 0.1) is 39.5 Å². The van der Waals surface area contributed by atoms with Gasteiger partial charge in [-0.1, -0.05) is 35.5 Å². The zero-order valence-electron chi connectivity index (χ0n) is 21.2. The van der Waals surface area contributed by atoms with Gasteiger partial charge in [0.15, 0.2) is 4.80 Å². The molecule has 1 aliphatic heterocycles. The molecule has 0 fully saturated rings. The number of para-hydroxylation sites is 1. The Morgan fingerprint density at radius 2 is 1.82 bits per heavy atom. The molecule has 5 rings (SSSR count). The molecule has 1 amide bonds. The van der Waals surface area contributed by atoms with Crippen LogP contribution in [0, 0.1) is 12.3 Å². The highest BCUT2D eigenvalue weighted by Gasteiger charge is 2.29. The number of hydrogen-bond donors (Lipinski definition) is 0. The highest BCUT2D eigenvalue weighted by molar-refractivity contribution is 7.92. The first kappa shape index (κ1) is 26.4. The lowest BCUT2D eigenvalue weighted by Gasteiger charge is -2.30. The van der Waals surface area contributed by atoms with E-state index in [4.69, 9.17) is 11.2 Å². The number of rotatable bonds is 6. The monoisotopic (exact) mass is 559 g/mol. The molecule has 0 saturated heterocycles. The SMILES string of the molecule is C#CCn1c(=NC(=O)c2ccc(S(=O)(=O)N3CCCc4ccccc43)cc2)sc2cc(C(=O)OCC)ccc21. The van der Waals surface area contributed by atoms with Crippen molar-refractivity contribution in [1.29, 1.82) is 0 Å². The summed E-state index contributed by atoms with van der Waals surface area (Å²) < 4.78 is 35.8. The van der Waals surface area contributed by atoms with E-state index < -0.39 is 21.9 Å². The Hall–Kier alpha value is -4.20. The number of carbonyl (C=O) groups excluding carboxylic acids is 2. The van der Waals surface area contributed by atoms with Gasteiger partial charge in [-0.05, 0) is 73.9 Å². The minimum atomic E-state index is -3.79.